The van der Waals surface area contributed by atoms with Crippen LogP contribution >= 0.6 is 11.3 Å². The molecular formula is C21H18N2OS. The minimum Gasteiger partial charge on any atom is -0.319 e. The van der Waals surface area contributed by atoms with E-state index in [1.165, 1.54) is 10.8 Å². The zero-order valence-corrected chi connectivity index (χ0v) is 15.2. The van der Waals surface area contributed by atoms with E-state index < -0.39 is 0 Å². The minimum absolute atomic E-state index is 0.191. The molecule has 1 amide bonds. The molecule has 0 saturated carbocycles. The maximum atomic E-state index is 12.7. The summed E-state index contributed by atoms with van der Waals surface area (Å²) in [7, 11) is 1.96. The number of thiazole rings is 1. The molecule has 0 aliphatic heterocycles. The number of fused-ring (bicyclic) bond motifs is 3. The molecule has 0 unspecified atom stereocenters. The SMILES string of the molecule is Cc1ccc(C(=O)N=c2sc3c4ccccc4ccc3n2C)c(C)c1. The van der Waals surface area contributed by atoms with Gasteiger partial charge in [0.05, 0.1) is 10.2 Å². The molecule has 0 fully saturated rings. The van der Waals surface area contributed by atoms with Crippen LogP contribution in [0.2, 0.25) is 0 Å². The number of hydrogen-bond donors (Lipinski definition) is 0. The summed E-state index contributed by atoms with van der Waals surface area (Å²) in [6.45, 7) is 3.98. The zero-order chi connectivity index (χ0) is 17.6. The Hall–Kier alpha value is -2.72. The van der Waals surface area contributed by atoms with Gasteiger partial charge in [-0.05, 0) is 36.9 Å². The third-order valence-corrected chi connectivity index (χ3v) is 5.69. The molecule has 4 aromatic rings. The fraction of sp³-hybridized carbons (Fsp3) is 0.143. The van der Waals surface area contributed by atoms with Crippen molar-refractivity contribution in [2.24, 2.45) is 12.0 Å². The number of hydrogen-bond acceptors (Lipinski definition) is 2. The highest BCUT2D eigenvalue weighted by Crippen LogP contribution is 2.27. The molecule has 3 nitrogen and oxygen atoms in total. The first kappa shape index (κ1) is 15.8. The number of carbonyl (C=O) groups excluding carboxylic acids is 1. The largest absolute Gasteiger partial charge is 0.319 e. The number of aryl methyl sites for hydroxylation is 3. The van der Waals surface area contributed by atoms with Crippen LogP contribution in [0.25, 0.3) is 21.0 Å². The summed E-state index contributed by atoms with van der Waals surface area (Å²) >= 11 is 1.56. The summed E-state index contributed by atoms with van der Waals surface area (Å²) in [6.07, 6.45) is 0. The molecule has 4 rings (SSSR count). The first-order valence-electron chi connectivity index (χ1n) is 8.18. The van der Waals surface area contributed by atoms with Crippen LogP contribution in [0.5, 0.6) is 0 Å². The van der Waals surface area contributed by atoms with Gasteiger partial charge in [-0.3, -0.25) is 4.79 Å². The average Bonchev–Trinajstić information content (AvgIpc) is 2.91. The summed E-state index contributed by atoms with van der Waals surface area (Å²) in [5, 5.41) is 2.39. The van der Waals surface area contributed by atoms with Crippen molar-refractivity contribution in [3.63, 3.8) is 0 Å². The number of nitrogens with zero attached hydrogens (tertiary/aromatic N) is 2. The molecule has 3 aromatic carbocycles. The molecule has 0 spiro atoms. The number of carbonyl (C=O) groups is 1. The molecule has 0 N–H and O–H groups in total. The van der Waals surface area contributed by atoms with E-state index in [9.17, 15) is 4.79 Å². The average molecular weight is 346 g/mol. The summed E-state index contributed by atoms with van der Waals surface area (Å²) in [6, 6.07) is 18.3. The molecule has 25 heavy (non-hydrogen) atoms. The van der Waals surface area contributed by atoms with Crippen molar-refractivity contribution < 1.29 is 4.79 Å². The molecule has 0 aliphatic rings. The maximum Gasteiger partial charge on any atom is 0.279 e. The van der Waals surface area contributed by atoms with Crippen molar-refractivity contribution in [3.05, 3.63) is 76.1 Å². The maximum absolute atomic E-state index is 12.7. The van der Waals surface area contributed by atoms with E-state index in [4.69, 9.17) is 0 Å². The van der Waals surface area contributed by atoms with Gasteiger partial charge in [0, 0.05) is 18.0 Å². The Morgan fingerprint density at radius 2 is 1.84 bits per heavy atom. The Kier molecular flexibility index (Phi) is 3.77. The minimum atomic E-state index is -0.191. The zero-order valence-electron chi connectivity index (χ0n) is 14.4. The number of amides is 1. The predicted molar refractivity (Wildman–Crippen MR) is 104 cm³/mol. The third kappa shape index (κ3) is 2.68. The second-order valence-corrected chi connectivity index (χ2v) is 7.29. The van der Waals surface area contributed by atoms with E-state index >= 15 is 0 Å². The van der Waals surface area contributed by atoms with E-state index in [0.717, 1.165) is 26.1 Å². The Bertz CT molecular complexity index is 1200. The highest BCUT2D eigenvalue weighted by molar-refractivity contribution is 7.17. The van der Waals surface area contributed by atoms with E-state index in [1.807, 2.05) is 55.8 Å². The molecule has 0 saturated heterocycles. The molecule has 1 heterocycles. The van der Waals surface area contributed by atoms with Gasteiger partial charge >= 0.3 is 0 Å². The quantitative estimate of drug-likeness (QED) is 0.490. The van der Waals surface area contributed by atoms with Crippen LogP contribution in [0.4, 0.5) is 0 Å². The highest BCUT2D eigenvalue weighted by Gasteiger charge is 2.11. The lowest BCUT2D eigenvalue weighted by atomic mass is 10.1. The van der Waals surface area contributed by atoms with Crippen LogP contribution in [0, 0.1) is 13.8 Å². The van der Waals surface area contributed by atoms with Crippen LogP contribution in [-0.2, 0) is 7.05 Å². The monoisotopic (exact) mass is 346 g/mol. The van der Waals surface area contributed by atoms with Gasteiger partial charge in [-0.2, -0.15) is 4.99 Å². The molecule has 0 radical (unpaired) electrons. The molecule has 0 aliphatic carbocycles. The van der Waals surface area contributed by atoms with Crippen molar-refractivity contribution in [2.45, 2.75) is 13.8 Å². The topological polar surface area (TPSA) is 34.4 Å². The number of rotatable bonds is 1. The van der Waals surface area contributed by atoms with Crippen molar-refractivity contribution >= 4 is 38.2 Å². The molecule has 1 aromatic heterocycles. The normalized spacial score (nSPS) is 12.2. The number of benzene rings is 3. The molecular weight excluding hydrogens is 328 g/mol. The third-order valence-electron chi connectivity index (χ3n) is 4.51. The predicted octanol–water partition coefficient (Wildman–Crippen LogP) is 4.75. The van der Waals surface area contributed by atoms with E-state index in [-0.39, 0.29) is 5.91 Å². The lowest BCUT2D eigenvalue weighted by Gasteiger charge is -2.02. The second-order valence-electron chi connectivity index (χ2n) is 6.31. The Balaban J connectivity index is 1.91. The van der Waals surface area contributed by atoms with Crippen molar-refractivity contribution in [2.75, 3.05) is 0 Å². The smallest absolute Gasteiger partial charge is 0.279 e. The molecule has 0 atom stereocenters. The molecule has 0 bridgehead atoms. The second kappa shape index (κ2) is 5.97. The van der Waals surface area contributed by atoms with Crippen LogP contribution in [0.1, 0.15) is 21.5 Å². The van der Waals surface area contributed by atoms with Crippen molar-refractivity contribution in [1.82, 2.24) is 4.57 Å². The first-order valence-corrected chi connectivity index (χ1v) is 9.00. The van der Waals surface area contributed by atoms with Gasteiger partial charge in [0.15, 0.2) is 4.80 Å². The Labute approximate surface area is 149 Å². The van der Waals surface area contributed by atoms with E-state index in [0.29, 0.717) is 5.56 Å². The van der Waals surface area contributed by atoms with Gasteiger partial charge in [0.2, 0.25) is 0 Å². The van der Waals surface area contributed by atoms with Gasteiger partial charge in [0.25, 0.3) is 5.91 Å². The van der Waals surface area contributed by atoms with Gasteiger partial charge in [-0.25, -0.2) is 0 Å². The lowest BCUT2D eigenvalue weighted by Crippen LogP contribution is -2.13. The van der Waals surface area contributed by atoms with Crippen LogP contribution in [0.15, 0.2) is 59.6 Å². The molecule has 124 valence electrons. The summed E-state index contributed by atoms with van der Waals surface area (Å²) in [4.78, 5) is 17.8. The van der Waals surface area contributed by atoms with Gasteiger partial charge < -0.3 is 4.57 Å². The summed E-state index contributed by atoms with van der Waals surface area (Å²) in [5.74, 6) is -0.191. The Morgan fingerprint density at radius 1 is 1.04 bits per heavy atom. The molecule has 4 heteroatoms. The van der Waals surface area contributed by atoms with Gasteiger partial charge in [-0.1, -0.05) is 59.4 Å². The van der Waals surface area contributed by atoms with E-state index in [1.54, 1.807) is 11.3 Å². The lowest BCUT2D eigenvalue weighted by molar-refractivity contribution is 0.0997. The summed E-state index contributed by atoms with van der Waals surface area (Å²) < 4.78 is 3.15. The highest BCUT2D eigenvalue weighted by atomic mass is 32.1. The fourth-order valence-electron chi connectivity index (χ4n) is 3.16. The van der Waals surface area contributed by atoms with Crippen LogP contribution in [-0.4, -0.2) is 10.5 Å². The summed E-state index contributed by atoms with van der Waals surface area (Å²) in [5.41, 5.74) is 3.86. The van der Waals surface area contributed by atoms with E-state index in [2.05, 4.69) is 29.3 Å². The fourth-order valence-corrected chi connectivity index (χ4v) is 4.32. The van der Waals surface area contributed by atoms with Gasteiger partial charge in [-0.15, -0.1) is 0 Å². The van der Waals surface area contributed by atoms with Crippen molar-refractivity contribution in [1.29, 1.82) is 0 Å². The number of aromatic nitrogens is 1. The standard InChI is InChI=1S/C21H18N2OS/c1-13-8-10-16(14(2)12-13)20(24)22-21-23(3)18-11-9-15-6-4-5-7-17(15)19(18)25-21/h4-12H,1-3H3. The van der Waals surface area contributed by atoms with Crippen LogP contribution in [0.3, 0.4) is 0 Å². The first-order chi connectivity index (χ1) is 12.0. The Morgan fingerprint density at radius 3 is 2.64 bits per heavy atom. The van der Waals surface area contributed by atoms with Crippen molar-refractivity contribution in [3.8, 4) is 0 Å². The van der Waals surface area contributed by atoms with Gasteiger partial charge in [0.1, 0.15) is 0 Å². The van der Waals surface area contributed by atoms with Crippen LogP contribution < -0.4 is 4.80 Å².